The molecule has 0 amide bonds. The largest absolute Gasteiger partial charge is 0.423 e. The lowest BCUT2D eigenvalue weighted by molar-refractivity contribution is -0.138. The predicted octanol–water partition coefficient (Wildman–Crippen LogP) is 5.04. The van der Waals surface area contributed by atoms with Gasteiger partial charge < -0.3 is 11.1 Å². The lowest BCUT2D eigenvalue weighted by Gasteiger charge is -2.31. The number of nitrogens with one attached hydrogen (secondary N) is 1. The highest BCUT2D eigenvalue weighted by Crippen LogP contribution is 2.37. The van der Waals surface area contributed by atoms with Gasteiger partial charge in [0, 0.05) is 18.8 Å². The van der Waals surface area contributed by atoms with Gasteiger partial charge in [0.1, 0.15) is 17.2 Å². The Morgan fingerprint density at radius 1 is 1.14 bits per heavy atom. The zero-order valence-electron chi connectivity index (χ0n) is 22.5. The van der Waals surface area contributed by atoms with Crippen LogP contribution in [0.25, 0.3) is 22.3 Å². The molecule has 228 valence electrons. The van der Waals surface area contributed by atoms with Crippen LogP contribution in [0.4, 0.5) is 33.5 Å². The third kappa shape index (κ3) is 6.49. The van der Waals surface area contributed by atoms with E-state index in [-0.39, 0.29) is 51.8 Å². The smallest absolute Gasteiger partial charge is 0.383 e. The maximum absolute atomic E-state index is 15.2. The summed E-state index contributed by atoms with van der Waals surface area (Å²) in [7, 11) is 1.98. The number of anilines is 2. The Morgan fingerprint density at radius 3 is 2.56 bits per heavy atom. The monoisotopic (exact) mass is 734 g/mol. The summed E-state index contributed by atoms with van der Waals surface area (Å²) in [6, 6.07) is 1.96. The van der Waals surface area contributed by atoms with Crippen molar-refractivity contribution < 1.29 is 22.0 Å². The highest BCUT2D eigenvalue weighted by molar-refractivity contribution is 14.1. The van der Waals surface area contributed by atoms with E-state index in [4.69, 9.17) is 5.73 Å². The van der Waals surface area contributed by atoms with E-state index in [1.807, 2.05) is 9.24 Å². The first-order valence-electron chi connectivity index (χ1n) is 13.1. The van der Waals surface area contributed by atoms with E-state index in [1.165, 1.54) is 52.9 Å². The fourth-order valence-corrected chi connectivity index (χ4v) is 5.87. The van der Waals surface area contributed by atoms with Crippen molar-refractivity contribution in [3.63, 3.8) is 0 Å². The molecule has 3 heterocycles. The van der Waals surface area contributed by atoms with E-state index in [2.05, 4.69) is 25.4 Å². The molecule has 1 fully saturated rings. The van der Waals surface area contributed by atoms with Gasteiger partial charge >= 0.3 is 6.18 Å². The fourth-order valence-electron chi connectivity index (χ4n) is 5.28. The van der Waals surface area contributed by atoms with Crippen molar-refractivity contribution in [2.24, 2.45) is 5.92 Å². The Balaban J connectivity index is 1.37. The maximum Gasteiger partial charge on any atom is 0.423 e. The van der Waals surface area contributed by atoms with Crippen molar-refractivity contribution in [1.82, 2.24) is 27.5 Å². The van der Waals surface area contributed by atoms with Crippen molar-refractivity contribution in [3.8, 4) is 11.4 Å². The zero-order chi connectivity index (χ0) is 31.3. The summed E-state index contributed by atoms with van der Waals surface area (Å²) >= 11 is 1.39. The lowest BCUT2D eigenvalue weighted by Crippen LogP contribution is -2.34. The van der Waals surface area contributed by atoms with E-state index in [9.17, 15) is 27.2 Å². The number of nitrogens with two attached hydrogens (primary N) is 1. The predicted molar refractivity (Wildman–Crippen MR) is 162 cm³/mol. The minimum Gasteiger partial charge on any atom is -0.383 e. The summed E-state index contributed by atoms with van der Waals surface area (Å²) in [6.07, 6.45) is 0.984. The van der Waals surface area contributed by atoms with Crippen LogP contribution >= 0.6 is 32.1 Å². The molecule has 10 nitrogen and oxygen atoms in total. The second-order valence-corrected chi connectivity index (χ2v) is 12.6. The molecule has 17 heteroatoms. The molecule has 3 N–H and O–H groups in total. The molecule has 1 saturated carbocycles. The molecule has 2 unspecified atom stereocenters. The number of hydrogen-bond acceptors (Lipinski definition) is 8. The van der Waals surface area contributed by atoms with Gasteiger partial charge in [-0.1, -0.05) is 15.7 Å². The molecule has 3 aromatic heterocycles. The van der Waals surface area contributed by atoms with E-state index in [1.54, 1.807) is 0 Å². The zero-order valence-corrected chi connectivity index (χ0v) is 25.8. The Hall–Kier alpha value is -3.27. The number of fused-ring (bicyclic) bond motifs is 1. The summed E-state index contributed by atoms with van der Waals surface area (Å²) in [4.78, 5) is 37.8. The number of aromatic nitrogens is 6. The Bertz CT molecular complexity index is 1830. The second-order valence-electron chi connectivity index (χ2n) is 10.6. The first-order chi connectivity index (χ1) is 20.1. The fraction of sp³-hybridized carbons (Fsp3) is 0.385. The summed E-state index contributed by atoms with van der Waals surface area (Å²) in [5, 5.41) is 4.68. The summed E-state index contributed by atoms with van der Waals surface area (Å²) < 4.78 is 72.3. The second kappa shape index (κ2) is 11.7. The normalized spacial score (nSPS) is 18.9. The summed E-state index contributed by atoms with van der Waals surface area (Å²) in [5.41, 5.74) is 2.55. The number of halogens is 6. The molecular formula is C26H25F5IN8O2P. The highest BCUT2D eigenvalue weighted by atomic mass is 127. The summed E-state index contributed by atoms with van der Waals surface area (Å²) in [6.45, 7) is 1.47. The van der Waals surface area contributed by atoms with Gasteiger partial charge in [-0.05, 0) is 44.2 Å². The van der Waals surface area contributed by atoms with Crippen LogP contribution < -0.4 is 22.2 Å². The van der Waals surface area contributed by atoms with Crippen LogP contribution in [0, 0.1) is 11.7 Å². The Labute approximate surface area is 257 Å². The van der Waals surface area contributed by atoms with Gasteiger partial charge in [-0.25, -0.2) is 23.7 Å². The molecular weight excluding hydrogens is 709 g/mol. The molecule has 4 atom stereocenters. The van der Waals surface area contributed by atoms with Crippen molar-refractivity contribution in [2.45, 2.75) is 56.8 Å². The molecule has 4 aromatic rings. The van der Waals surface area contributed by atoms with Crippen molar-refractivity contribution in [3.05, 3.63) is 68.5 Å². The highest BCUT2D eigenvalue weighted by Gasteiger charge is 2.39. The molecule has 0 bridgehead atoms. The number of benzene rings is 1. The van der Waals surface area contributed by atoms with Crippen LogP contribution in [0.3, 0.4) is 0 Å². The van der Waals surface area contributed by atoms with E-state index < -0.39 is 40.1 Å². The molecule has 1 aliphatic carbocycles. The molecule has 1 aliphatic rings. The van der Waals surface area contributed by atoms with Gasteiger partial charge in [-0.15, -0.1) is 0 Å². The van der Waals surface area contributed by atoms with Crippen LogP contribution in [0.2, 0.25) is 0 Å². The van der Waals surface area contributed by atoms with Gasteiger partial charge in [0.25, 0.3) is 11.1 Å². The number of nitrogen functional groups attached to an aromatic ring is 1. The van der Waals surface area contributed by atoms with Gasteiger partial charge in [-0.2, -0.15) is 21.2 Å². The van der Waals surface area contributed by atoms with Crippen molar-refractivity contribution in [2.75, 3.05) is 11.1 Å². The van der Waals surface area contributed by atoms with Crippen LogP contribution in [0.5, 0.6) is 0 Å². The van der Waals surface area contributed by atoms with Crippen molar-refractivity contribution >= 4 is 54.5 Å². The Morgan fingerprint density at radius 2 is 1.88 bits per heavy atom. The SMILES string of the molecule is CC(F)(P)c1cnc(-c2cc3ncn(C[C@@H]4CCC[C@H](Nc5cnn(I)c(=O)c5C(F)(F)F)C4)c(=O)c3cc2F)nc1N. The third-order valence-electron chi connectivity index (χ3n) is 7.32. The average molecular weight is 734 g/mol. The number of hydrogen-bond donors (Lipinski definition) is 2. The Kier molecular flexibility index (Phi) is 8.46. The van der Waals surface area contributed by atoms with Gasteiger partial charge in [0.15, 0.2) is 11.2 Å². The van der Waals surface area contributed by atoms with Gasteiger partial charge in [-0.3, -0.25) is 14.2 Å². The van der Waals surface area contributed by atoms with Gasteiger partial charge in [0.2, 0.25) is 0 Å². The molecule has 1 aromatic carbocycles. The van der Waals surface area contributed by atoms with Crippen LogP contribution in [-0.2, 0) is 18.1 Å². The first kappa shape index (κ1) is 31.2. The van der Waals surface area contributed by atoms with Crippen molar-refractivity contribution in [1.29, 1.82) is 0 Å². The maximum atomic E-state index is 15.2. The van der Waals surface area contributed by atoms with Crippen LogP contribution in [0.15, 0.2) is 40.4 Å². The van der Waals surface area contributed by atoms with Crippen LogP contribution in [-0.4, -0.2) is 33.6 Å². The van der Waals surface area contributed by atoms with E-state index in [0.29, 0.717) is 28.6 Å². The molecule has 0 radical (unpaired) electrons. The quantitative estimate of drug-likeness (QED) is 0.160. The molecule has 43 heavy (non-hydrogen) atoms. The van der Waals surface area contributed by atoms with E-state index in [0.717, 1.165) is 12.3 Å². The topological polar surface area (TPSA) is 134 Å². The number of alkyl halides is 4. The van der Waals surface area contributed by atoms with Crippen LogP contribution in [0.1, 0.15) is 43.7 Å². The molecule has 5 rings (SSSR count). The summed E-state index contributed by atoms with van der Waals surface area (Å²) in [5.74, 6) is -1.16. The molecule has 0 spiro atoms. The first-order valence-corrected chi connectivity index (χ1v) is 14.6. The number of rotatable bonds is 6. The van der Waals surface area contributed by atoms with E-state index >= 15 is 4.39 Å². The lowest BCUT2D eigenvalue weighted by atomic mass is 9.85. The average Bonchev–Trinajstić information content (AvgIpc) is 2.91. The van der Waals surface area contributed by atoms with Gasteiger partial charge in [0.05, 0.1) is 63.1 Å². The minimum atomic E-state index is -4.87. The minimum absolute atomic E-state index is 0.0142. The molecule has 0 saturated heterocycles. The third-order valence-corrected chi connectivity index (χ3v) is 8.32. The molecule has 0 aliphatic heterocycles. The number of nitrogens with zero attached hydrogens (tertiary/aromatic N) is 6. The standard InChI is InChI=1S/C26H25F5IN8O2P/c1-25(28,43)16-8-34-22(38-21(16)33)14-7-18-15(6-17(14)27)23(41)39(11-35-18)10-12-3-2-4-13(5-12)37-19-9-36-40(32)24(42)20(19)26(29,30)31/h6-9,11-13,37H,2-5,10,43H2,1H3,(H2,33,34,38)/t12-,13+,25?/m1/s1.